The summed E-state index contributed by atoms with van der Waals surface area (Å²) in [6, 6.07) is 8.07. The Hall–Kier alpha value is -1.98. The Morgan fingerprint density at radius 2 is 1.91 bits per heavy atom. The first-order valence-electron chi connectivity index (χ1n) is 8.09. The fourth-order valence-electron chi connectivity index (χ4n) is 3.10. The zero-order valence-corrected chi connectivity index (χ0v) is 13.7. The van der Waals surface area contributed by atoms with Crippen molar-refractivity contribution in [3.8, 4) is 0 Å². The van der Waals surface area contributed by atoms with Crippen molar-refractivity contribution in [1.82, 2.24) is 14.8 Å². The van der Waals surface area contributed by atoms with Crippen LogP contribution in [-0.2, 0) is 0 Å². The number of nitrogens with zero attached hydrogens (tertiary/aromatic N) is 3. The minimum atomic E-state index is 0.0575. The van der Waals surface area contributed by atoms with Gasteiger partial charge in [-0.15, -0.1) is 0 Å². The number of aliphatic hydroxyl groups is 1. The lowest BCUT2D eigenvalue weighted by molar-refractivity contribution is 0.0614. The van der Waals surface area contributed by atoms with Crippen molar-refractivity contribution >= 4 is 16.8 Å². The number of hydrogen-bond acceptors (Lipinski definition) is 4. The van der Waals surface area contributed by atoms with Crippen molar-refractivity contribution in [2.24, 2.45) is 0 Å². The van der Waals surface area contributed by atoms with E-state index in [1.807, 2.05) is 36.9 Å². The summed E-state index contributed by atoms with van der Waals surface area (Å²) in [5.74, 6) is 0.0575. The Morgan fingerprint density at radius 3 is 2.61 bits per heavy atom. The predicted molar refractivity (Wildman–Crippen MR) is 90.6 cm³/mol. The third-order valence-electron chi connectivity index (χ3n) is 4.47. The summed E-state index contributed by atoms with van der Waals surface area (Å²) in [4.78, 5) is 21.5. The van der Waals surface area contributed by atoms with Gasteiger partial charge in [0.1, 0.15) is 0 Å². The molecule has 0 saturated carbocycles. The molecule has 1 N–H and O–H groups in total. The van der Waals surface area contributed by atoms with Gasteiger partial charge in [0.05, 0.1) is 23.4 Å². The Morgan fingerprint density at radius 1 is 1.17 bits per heavy atom. The molecule has 1 saturated heterocycles. The smallest absolute Gasteiger partial charge is 0.255 e. The van der Waals surface area contributed by atoms with E-state index in [0.29, 0.717) is 25.2 Å². The van der Waals surface area contributed by atoms with Gasteiger partial charge in [-0.3, -0.25) is 14.7 Å². The molecule has 3 rings (SSSR count). The highest BCUT2D eigenvalue weighted by Crippen LogP contribution is 2.20. The molecule has 0 unspecified atom stereocenters. The van der Waals surface area contributed by atoms with E-state index in [1.54, 1.807) is 0 Å². The third kappa shape index (κ3) is 3.35. The second kappa shape index (κ2) is 6.64. The Bertz CT molecular complexity index is 722. The highest BCUT2D eigenvalue weighted by Gasteiger charge is 2.23. The van der Waals surface area contributed by atoms with Gasteiger partial charge in [0.15, 0.2) is 0 Å². The number of carbonyl (C=O) groups excluding carboxylic acids is 1. The molecule has 5 heteroatoms. The summed E-state index contributed by atoms with van der Waals surface area (Å²) in [5, 5.41) is 10.0. The Kier molecular flexibility index (Phi) is 4.59. The van der Waals surface area contributed by atoms with Crippen LogP contribution < -0.4 is 0 Å². The number of amides is 1. The predicted octanol–water partition coefficient (Wildman–Crippen LogP) is 1.60. The quantitative estimate of drug-likeness (QED) is 0.935. The fraction of sp³-hybridized carbons (Fsp3) is 0.444. The molecular weight excluding hydrogens is 290 g/mol. The number of pyridine rings is 1. The third-order valence-corrected chi connectivity index (χ3v) is 4.47. The van der Waals surface area contributed by atoms with Crippen LogP contribution >= 0.6 is 0 Å². The fourth-order valence-corrected chi connectivity index (χ4v) is 3.10. The molecule has 1 aromatic heterocycles. The van der Waals surface area contributed by atoms with Gasteiger partial charge in [-0.1, -0.05) is 11.6 Å². The molecule has 0 radical (unpaired) electrons. The van der Waals surface area contributed by atoms with E-state index in [0.717, 1.165) is 29.7 Å². The standard InChI is InChI=1S/C18H23N3O2/c1-13-3-4-17-15(11-13)12-16(14(2)19-17)18(23)21-7-5-20(6-8-21)9-10-22/h3-4,11-12,22H,5-10H2,1-2H3. The van der Waals surface area contributed by atoms with E-state index in [4.69, 9.17) is 5.11 Å². The minimum Gasteiger partial charge on any atom is -0.395 e. The van der Waals surface area contributed by atoms with Gasteiger partial charge < -0.3 is 10.0 Å². The number of carbonyl (C=O) groups is 1. The largest absolute Gasteiger partial charge is 0.395 e. The van der Waals surface area contributed by atoms with Crippen molar-refractivity contribution in [2.45, 2.75) is 13.8 Å². The van der Waals surface area contributed by atoms with E-state index >= 15 is 0 Å². The summed E-state index contributed by atoms with van der Waals surface area (Å²) >= 11 is 0. The number of fused-ring (bicyclic) bond motifs is 1. The Labute approximate surface area is 136 Å². The average molecular weight is 313 g/mol. The number of hydrogen-bond donors (Lipinski definition) is 1. The summed E-state index contributed by atoms with van der Waals surface area (Å²) in [7, 11) is 0. The highest BCUT2D eigenvalue weighted by atomic mass is 16.3. The van der Waals surface area contributed by atoms with Crippen LogP contribution in [0.5, 0.6) is 0 Å². The second-order valence-electron chi connectivity index (χ2n) is 6.17. The molecule has 0 aliphatic carbocycles. The van der Waals surface area contributed by atoms with Crippen molar-refractivity contribution in [2.75, 3.05) is 39.3 Å². The molecule has 1 fully saturated rings. The maximum absolute atomic E-state index is 12.8. The number of benzene rings is 1. The summed E-state index contributed by atoms with van der Waals surface area (Å²) in [6.45, 7) is 7.81. The number of aliphatic hydroxyl groups excluding tert-OH is 1. The first-order chi connectivity index (χ1) is 11.1. The second-order valence-corrected chi connectivity index (χ2v) is 6.17. The topological polar surface area (TPSA) is 56.7 Å². The lowest BCUT2D eigenvalue weighted by atomic mass is 10.1. The van der Waals surface area contributed by atoms with Crippen molar-refractivity contribution in [3.63, 3.8) is 0 Å². The van der Waals surface area contributed by atoms with Gasteiger partial charge in [-0.05, 0) is 32.0 Å². The van der Waals surface area contributed by atoms with Crippen LogP contribution in [0, 0.1) is 13.8 Å². The molecule has 1 amide bonds. The molecule has 1 aliphatic rings. The summed E-state index contributed by atoms with van der Waals surface area (Å²) in [6.07, 6.45) is 0. The SMILES string of the molecule is Cc1ccc2nc(C)c(C(=O)N3CCN(CCO)CC3)cc2c1. The summed E-state index contributed by atoms with van der Waals surface area (Å²) in [5.41, 5.74) is 3.57. The molecule has 0 spiro atoms. The van der Waals surface area contributed by atoms with E-state index in [2.05, 4.69) is 16.0 Å². The van der Waals surface area contributed by atoms with E-state index in [-0.39, 0.29) is 12.5 Å². The molecule has 0 bridgehead atoms. The van der Waals surface area contributed by atoms with Crippen LogP contribution in [0.3, 0.4) is 0 Å². The number of aromatic nitrogens is 1. The maximum Gasteiger partial charge on any atom is 0.255 e. The van der Waals surface area contributed by atoms with E-state index < -0.39 is 0 Å². The molecular formula is C18H23N3O2. The van der Waals surface area contributed by atoms with Crippen LogP contribution in [0.15, 0.2) is 24.3 Å². The maximum atomic E-state index is 12.8. The summed E-state index contributed by atoms with van der Waals surface area (Å²) < 4.78 is 0. The van der Waals surface area contributed by atoms with Gasteiger partial charge in [-0.2, -0.15) is 0 Å². The van der Waals surface area contributed by atoms with Crippen molar-refractivity contribution in [1.29, 1.82) is 0 Å². The monoisotopic (exact) mass is 313 g/mol. The van der Waals surface area contributed by atoms with Crippen molar-refractivity contribution in [3.05, 3.63) is 41.1 Å². The lowest BCUT2D eigenvalue weighted by Gasteiger charge is -2.34. The van der Waals surface area contributed by atoms with Gasteiger partial charge >= 0.3 is 0 Å². The molecule has 1 aromatic carbocycles. The Balaban J connectivity index is 1.82. The molecule has 2 heterocycles. The minimum absolute atomic E-state index is 0.0575. The van der Waals surface area contributed by atoms with Crippen LogP contribution in [0.1, 0.15) is 21.6 Å². The zero-order chi connectivity index (χ0) is 16.4. The molecule has 2 aromatic rings. The lowest BCUT2D eigenvalue weighted by Crippen LogP contribution is -2.49. The van der Waals surface area contributed by atoms with E-state index in [1.165, 1.54) is 5.56 Å². The molecule has 122 valence electrons. The van der Waals surface area contributed by atoms with Crippen LogP contribution in [0.25, 0.3) is 10.9 Å². The highest BCUT2D eigenvalue weighted by molar-refractivity contribution is 5.98. The van der Waals surface area contributed by atoms with Crippen LogP contribution in [0.4, 0.5) is 0 Å². The van der Waals surface area contributed by atoms with Gasteiger partial charge in [0, 0.05) is 38.1 Å². The number of piperazine rings is 1. The van der Waals surface area contributed by atoms with Crippen LogP contribution in [-0.4, -0.2) is 65.1 Å². The first kappa shape index (κ1) is 15.9. The number of β-amino-alcohol motifs (C(OH)–C–C–N with tert-alkyl or cyclic N) is 1. The normalized spacial score (nSPS) is 16.0. The average Bonchev–Trinajstić information content (AvgIpc) is 2.55. The van der Waals surface area contributed by atoms with E-state index in [9.17, 15) is 4.79 Å². The van der Waals surface area contributed by atoms with Gasteiger partial charge in [-0.25, -0.2) is 0 Å². The molecule has 0 atom stereocenters. The van der Waals surface area contributed by atoms with Gasteiger partial charge in [0.2, 0.25) is 0 Å². The number of rotatable bonds is 3. The molecule has 23 heavy (non-hydrogen) atoms. The van der Waals surface area contributed by atoms with Crippen molar-refractivity contribution < 1.29 is 9.90 Å². The van der Waals surface area contributed by atoms with Gasteiger partial charge in [0.25, 0.3) is 5.91 Å². The number of aryl methyl sites for hydroxylation is 2. The first-order valence-corrected chi connectivity index (χ1v) is 8.09. The molecule has 1 aliphatic heterocycles. The molecule has 5 nitrogen and oxygen atoms in total. The van der Waals surface area contributed by atoms with Crippen LogP contribution in [0.2, 0.25) is 0 Å². The zero-order valence-electron chi connectivity index (χ0n) is 13.7.